The molecule has 25 heavy (non-hydrogen) atoms. The molecule has 4 rings (SSSR count). The van der Waals surface area contributed by atoms with Gasteiger partial charge in [0.05, 0.1) is 12.2 Å². The van der Waals surface area contributed by atoms with Crippen molar-refractivity contribution < 1.29 is 4.39 Å². The summed E-state index contributed by atoms with van der Waals surface area (Å²) in [5, 5.41) is 10.5. The van der Waals surface area contributed by atoms with Crippen LogP contribution in [0, 0.1) is 5.82 Å². The van der Waals surface area contributed by atoms with E-state index >= 15 is 0 Å². The molecule has 1 aliphatic rings. The second-order valence-corrected chi connectivity index (χ2v) is 7.11. The fourth-order valence-electron chi connectivity index (χ4n) is 2.90. The molecule has 0 atom stereocenters. The van der Waals surface area contributed by atoms with Gasteiger partial charge in [-0.05, 0) is 29.7 Å². The molecule has 1 aromatic carbocycles. The first-order chi connectivity index (χ1) is 12.2. The minimum Gasteiger partial charge on any atom is -0.340 e. The van der Waals surface area contributed by atoms with Crippen LogP contribution in [0.5, 0.6) is 0 Å². The average Bonchev–Trinajstić information content (AvgIpc) is 3.11. The molecule has 0 N–H and O–H groups in total. The van der Waals surface area contributed by atoms with E-state index in [1.165, 1.54) is 17.7 Å². The molecule has 0 aliphatic carbocycles. The second kappa shape index (κ2) is 6.84. The summed E-state index contributed by atoms with van der Waals surface area (Å²) in [5.74, 6) is 0.664. The molecule has 0 spiro atoms. The van der Waals surface area contributed by atoms with E-state index in [9.17, 15) is 4.39 Å². The minimum atomic E-state index is -0.220. The Hall–Kier alpha value is -2.41. The third kappa shape index (κ3) is 3.51. The molecule has 0 saturated heterocycles. The molecule has 0 amide bonds. The molecule has 0 unspecified atom stereocenters. The van der Waals surface area contributed by atoms with Crippen molar-refractivity contribution in [1.82, 2.24) is 20.2 Å². The number of rotatable bonds is 4. The maximum atomic E-state index is 13.0. The number of halogens is 1. The average molecular weight is 355 g/mol. The molecular formula is C18H18FN5S. The number of aromatic nitrogens is 4. The largest absolute Gasteiger partial charge is 0.340 e. The summed E-state index contributed by atoms with van der Waals surface area (Å²) in [5.41, 5.74) is 3.35. The van der Waals surface area contributed by atoms with Crippen molar-refractivity contribution in [2.75, 3.05) is 11.4 Å². The van der Waals surface area contributed by atoms with Crippen molar-refractivity contribution in [1.29, 1.82) is 0 Å². The van der Waals surface area contributed by atoms with E-state index in [0.29, 0.717) is 6.42 Å². The number of benzene rings is 1. The predicted octanol–water partition coefficient (Wildman–Crippen LogP) is 3.18. The van der Waals surface area contributed by atoms with E-state index in [0.717, 1.165) is 53.2 Å². The van der Waals surface area contributed by atoms with Crippen LogP contribution in [0.4, 0.5) is 9.52 Å². The number of nitrogens with zero attached hydrogens (tertiary/aromatic N) is 5. The first-order valence-electron chi connectivity index (χ1n) is 8.36. The zero-order valence-corrected chi connectivity index (χ0v) is 14.8. The summed E-state index contributed by atoms with van der Waals surface area (Å²) in [4.78, 5) is 11.3. The fourth-order valence-corrected chi connectivity index (χ4v) is 3.80. The Morgan fingerprint density at radius 3 is 2.84 bits per heavy atom. The lowest BCUT2D eigenvalue weighted by Gasteiger charge is -2.27. The molecule has 0 fully saturated rings. The summed E-state index contributed by atoms with van der Waals surface area (Å²) in [6, 6.07) is 6.53. The molecular weight excluding hydrogens is 337 g/mol. The zero-order chi connectivity index (χ0) is 17.2. The molecule has 3 aromatic rings. The number of hydrogen-bond donors (Lipinski definition) is 0. The van der Waals surface area contributed by atoms with Gasteiger partial charge in [-0.1, -0.05) is 30.4 Å². The standard InChI is InChI=1S/C18H18FN5S/c1-2-16-20-10-13-7-8-24(11-15(13)21-16)18-23-22-17(25-18)9-12-3-5-14(19)6-4-12/h3-6,10H,2,7-9,11H2,1H3. The molecule has 128 valence electrons. The highest BCUT2D eigenvalue weighted by molar-refractivity contribution is 7.15. The van der Waals surface area contributed by atoms with Gasteiger partial charge in [-0.3, -0.25) is 0 Å². The Morgan fingerprint density at radius 2 is 2.04 bits per heavy atom. The van der Waals surface area contributed by atoms with Crippen LogP contribution < -0.4 is 4.90 Å². The first-order valence-corrected chi connectivity index (χ1v) is 9.18. The topological polar surface area (TPSA) is 54.8 Å². The highest BCUT2D eigenvalue weighted by atomic mass is 32.1. The van der Waals surface area contributed by atoms with Crippen LogP contribution in [0.15, 0.2) is 30.5 Å². The van der Waals surface area contributed by atoms with E-state index in [4.69, 9.17) is 0 Å². The van der Waals surface area contributed by atoms with Gasteiger partial charge in [-0.25, -0.2) is 14.4 Å². The van der Waals surface area contributed by atoms with Crippen LogP contribution in [-0.4, -0.2) is 26.7 Å². The third-order valence-electron chi connectivity index (χ3n) is 4.31. The summed E-state index contributed by atoms with van der Waals surface area (Å²) >= 11 is 1.59. The molecule has 0 radical (unpaired) electrons. The van der Waals surface area contributed by atoms with Crippen molar-refractivity contribution in [2.45, 2.75) is 32.7 Å². The second-order valence-electron chi connectivity index (χ2n) is 6.06. The zero-order valence-electron chi connectivity index (χ0n) is 13.9. The van der Waals surface area contributed by atoms with E-state index < -0.39 is 0 Å². The molecule has 3 heterocycles. The number of aryl methyl sites for hydroxylation is 1. The number of fused-ring (bicyclic) bond motifs is 1. The summed E-state index contributed by atoms with van der Waals surface area (Å²) in [7, 11) is 0. The van der Waals surface area contributed by atoms with Gasteiger partial charge in [0, 0.05) is 25.6 Å². The van der Waals surface area contributed by atoms with Gasteiger partial charge >= 0.3 is 0 Å². The summed E-state index contributed by atoms with van der Waals surface area (Å²) < 4.78 is 13.0. The van der Waals surface area contributed by atoms with Crippen LogP contribution in [0.25, 0.3) is 0 Å². The van der Waals surface area contributed by atoms with Crippen molar-refractivity contribution in [3.63, 3.8) is 0 Å². The maximum Gasteiger partial charge on any atom is 0.208 e. The van der Waals surface area contributed by atoms with Crippen LogP contribution in [-0.2, 0) is 25.8 Å². The normalized spacial score (nSPS) is 13.8. The maximum absolute atomic E-state index is 13.0. The number of anilines is 1. The van der Waals surface area contributed by atoms with Gasteiger partial charge in [-0.15, -0.1) is 10.2 Å². The molecule has 7 heteroatoms. The quantitative estimate of drug-likeness (QED) is 0.719. The Morgan fingerprint density at radius 1 is 1.20 bits per heavy atom. The molecule has 0 saturated carbocycles. The van der Waals surface area contributed by atoms with Gasteiger partial charge in [0.2, 0.25) is 5.13 Å². The van der Waals surface area contributed by atoms with Gasteiger partial charge in [0.1, 0.15) is 16.6 Å². The van der Waals surface area contributed by atoms with E-state index in [-0.39, 0.29) is 5.82 Å². The van der Waals surface area contributed by atoms with E-state index in [2.05, 4.69) is 32.0 Å². The van der Waals surface area contributed by atoms with Gasteiger partial charge in [0.15, 0.2) is 0 Å². The minimum absolute atomic E-state index is 0.220. The molecule has 0 bridgehead atoms. The van der Waals surface area contributed by atoms with Crippen LogP contribution in [0.3, 0.4) is 0 Å². The third-order valence-corrected chi connectivity index (χ3v) is 5.29. The summed E-state index contributed by atoms with van der Waals surface area (Å²) in [6.07, 6.45) is 4.39. The van der Waals surface area contributed by atoms with Crippen LogP contribution in [0.1, 0.15) is 34.6 Å². The van der Waals surface area contributed by atoms with Crippen LogP contribution in [0.2, 0.25) is 0 Å². The first kappa shape index (κ1) is 16.1. The lowest BCUT2D eigenvalue weighted by molar-refractivity contribution is 0.627. The number of hydrogen-bond acceptors (Lipinski definition) is 6. The van der Waals surface area contributed by atoms with Crippen molar-refractivity contribution >= 4 is 16.5 Å². The molecule has 1 aliphatic heterocycles. The van der Waals surface area contributed by atoms with Gasteiger partial charge in [-0.2, -0.15) is 0 Å². The predicted molar refractivity (Wildman–Crippen MR) is 95.3 cm³/mol. The highest BCUT2D eigenvalue weighted by Crippen LogP contribution is 2.27. The molecule has 2 aromatic heterocycles. The van der Waals surface area contributed by atoms with E-state index in [1.807, 2.05) is 6.20 Å². The highest BCUT2D eigenvalue weighted by Gasteiger charge is 2.21. The van der Waals surface area contributed by atoms with Crippen molar-refractivity contribution in [3.8, 4) is 0 Å². The smallest absolute Gasteiger partial charge is 0.208 e. The Bertz CT molecular complexity index is 877. The monoisotopic (exact) mass is 355 g/mol. The van der Waals surface area contributed by atoms with Crippen LogP contribution >= 0.6 is 11.3 Å². The van der Waals surface area contributed by atoms with Crippen molar-refractivity contribution in [3.05, 3.63) is 63.9 Å². The SMILES string of the molecule is CCc1ncc2c(n1)CN(c1nnc(Cc3ccc(F)cc3)s1)CC2. The Kier molecular flexibility index (Phi) is 4.40. The summed E-state index contributed by atoms with van der Waals surface area (Å²) in [6.45, 7) is 3.71. The van der Waals surface area contributed by atoms with Gasteiger partial charge in [0.25, 0.3) is 0 Å². The lowest BCUT2D eigenvalue weighted by atomic mass is 10.1. The Balaban J connectivity index is 1.49. The molecule has 5 nitrogen and oxygen atoms in total. The van der Waals surface area contributed by atoms with Gasteiger partial charge < -0.3 is 4.90 Å². The van der Waals surface area contributed by atoms with E-state index in [1.54, 1.807) is 23.5 Å². The van der Waals surface area contributed by atoms with Crippen molar-refractivity contribution in [2.24, 2.45) is 0 Å². The fraction of sp³-hybridized carbons (Fsp3) is 0.333. The lowest BCUT2D eigenvalue weighted by Crippen LogP contribution is -2.31. The Labute approximate surface area is 149 Å².